The summed E-state index contributed by atoms with van der Waals surface area (Å²) in [5, 5.41) is 12.0. The van der Waals surface area contributed by atoms with Crippen molar-refractivity contribution in [2.45, 2.75) is 24.8 Å². The molecule has 14 heavy (non-hydrogen) atoms. The number of rotatable bonds is 3. The molecule has 0 aromatic heterocycles. The van der Waals surface area contributed by atoms with Crippen molar-refractivity contribution in [3.05, 3.63) is 0 Å². The third-order valence-corrected chi connectivity index (χ3v) is 3.31. The lowest BCUT2D eigenvalue weighted by Gasteiger charge is -2.17. The predicted octanol–water partition coefficient (Wildman–Crippen LogP) is -0.421. The summed E-state index contributed by atoms with van der Waals surface area (Å²) in [6.45, 7) is 1.94. The van der Waals surface area contributed by atoms with Gasteiger partial charge in [-0.05, 0) is 32.9 Å². The number of carbonyl (C=O) groups is 1. The van der Waals surface area contributed by atoms with Crippen LogP contribution in [0.2, 0.25) is 0 Å². The monoisotopic (exact) mass is 198 g/mol. The first-order valence-electron chi connectivity index (χ1n) is 5.27. The molecule has 0 aromatic carbocycles. The summed E-state index contributed by atoms with van der Waals surface area (Å²) < 4.78 is 0. The first kappa shape index (κ1) is 9.93. The largest absolute Gasteiger partial charge is 0.394 e. The molecule has 1 saturated heterocycles. The minimum Gasteiger partial charge on any atom is -0.394 e. The Morgan fingerprint density at radius 1 is 1.64 bits per heavy atom. The Kier molecular flexibility index (Phi) is 2.49. The molecule has 2 N–H and O–H groups in total. The fraction of sp³-hybridized carbons (Fsp3) is 0.900. The van der Waals surface area contributed by atoms with Crippen molar-refractivity contribution in [2.24, 2.45) is 5.92 Å². The van der Waals surface area contributed by atoms with Crippen LogP contribution >= 0.6 is 0 Å². The number of aliphatic hydroxyl groups is 1. The maximum atomic E-state index is 11.8. The van der Waals surface area contributed by atoms with Gasteiger partial charge in [-0.25, -0.2) is 0 Å². The Morgan fingerprint density at radius 2 is 2.36 bits per heavy atom. The zero-order valence-corrected chi connectivity index (χ0v) is 8.62. The second-order valence-corrected chi connectivity index (χ2v) is 4.68. The van der Waals surface area contributed by atoms with Crippen LogP contribution in [0.5, 0.6) is 0 Å². The summed E-state index contributed by atoms with van der Waals surface area (Å²) in [4.78, 5) is 13.9. The highest BCUT2D eigenvalue weighted by Crippen LogP contribution is 2.35. The molecule has 0 aromatic rings. The van der Waals surface area contributed by atoms with E-state index in [2.05, 4.69) is 10.2 Å². The molecule has 1 aliphatic heterocycles. The number of amides is 1. The van der Waals surface area contributed by atoms with Gasteiger partial charge in [-0.1, -0.05) is 0 Å². The number of nitrogens with zero attached hydrogens (tertiary/aromatic N) is 1. The van der Waals surface area contributed by atoms with Gasteiger partial charge in [0, 0.05) is 6.54 Å². The minimum atomic E-state index is -0.252. The Morgan fingerprint density at radius 3 is 2.79 bits per heavy atom. The van der Waals surface area contributed by atoms with Crippen molar-refractivity contribution in [3.63, 3.8) is 0 Å². The van der Waals surface area contributed by atoms with Crippen LogP contribution in [0.1, 0.15) is 19.3 Å². The van der Waals surface area contributed by atoms with Crippen molar-refractivity contribution >= 4 is 5.91 Å². The standard InChI is InChI=1S/C10H18N2O2/c1-12-5-2-8(6-12)9(14)11-10(7-13)3-4-10/h8,13H,2-7H2,1H3,(H,11,14). The number of hydrogen-bond acceptors (Lipinski definition) is 3. The van der Waals surface area contributed by atoms with Gasteiger partial charge >= 0.3 is 0 Å². The zero-order valence-electron chi connectivity index (χ0n) is 8.62. The third-order valence-electron chi connectivity index (χ3n) is 3.31. The molecule has 4 nitrogen and oxygen atoms in total. The van der Waals surface area contributed by atoms with Gasteiger partial charge in [0.25, 0.3) is 0 Å². The number of aliphatic hydroxyl groups excluding tert-OH is 1. The first-order chi connectivity index (χ1) is 6.65. The van der Waals surface area contributed by atoms with E-state index in [-0.39, 0.29) is 24.0 Å². The second kappa shape index (κ2) is 3.51. The van der Waals surface area contributed by atoms with Crippen molar-refractivity contribution in [1.29, 1.82) is 0 Å². The van der Waals surface area contributed by atoms with Crippen LogP contribution in [0, 0.1) is 5.92 Å². The van der Waals surface area contributed by atoms with Crippen LogP contribution in [0.15, 0.2) is 0 Å². The van der Waals surface area contributed by atoms with Crippen LogP contribution < -0.4 is 5.32 Å². The molecule has 1 amide bonds. The molecule has 4 heteroatoms. The smallest absolute Gasteiger partial charge is 0.224 e. The van der Waals surface area contributed by atoms with Gasteiger partial charge in [-0.2, -0.15) is 0 Å². The van der Waals surface area contributed by atoms with E-state index in [1.807, 2.05) is 7.05 Å². The summed E-state index contributed by atoms with van der Waals surface area (Å²) in [6, 6.07) is 0. The summed E-state index contributed by atoms with van der Waals surface area (Å²) in [6.07, 6.45) is 2.81. The normalized spacial score (nSPS) is 30.3. The summed E-state index contributed by atoms with van der Waals surface area (Å²) >= 11 is 0. The van der Waals surface area contributed by atoms with Gasteiger partial charge in [-0.3, -0.25) is 4.79 Å². The van der Waals surface area contributed by atoms with Gasteiger partial charge in [0.15, 0.2) is 0 Å². The van der Waals surface area contributed by atoms with Gasteiger partial charge in [-0.15, -0.1) is 0 Å². The number of hydrogen-bond donors (Lipinski definition) is 2. The molecule has 2 rings (SSSR count). The fourth-order valence-electron chi connectivity index (χ4n) is 1.99. The van der Waals surface area contributed by atoms with Gasteiger partial charge in [0.1, 0.15) is 0 Å². The van der Waals surface area contributed by atoms with E-state index < -0.39 is 0 Å². The van der Waals surface area contributed by atoms with Crippen molar-refractivity contribution in [3.8, 4) is 0 Å². The number of likely N-dealkylation sites (tertiary alicyclic amines) is 1. The lowest BCUT2D eigenvalue weighted by Crippen LogP contribution is -2.43. The molecule has 1 heterocycles. The minimum absolute atomic E-state index is 0.0846. The molecule has 2 fully saturated rings. The van der Waals surface area contributed by atoms with Crippen LogP contribution in [-0.4, -0.2) is 48.2 Å². The number of nitrogens with one attached hydrogen (secondary N) is 1. The lowest BCUT2D eigenvalue weighted by molar-refractivity contribution is -0.125. The second-order valence-electron chi connectivity index (χ2n) is 4.68. The van der Waals surface area contributed by atoms with Gasteiger partial charge in [0.2, 0.25) is 5.91 Å². The molecule has 2 aliphatic rings. The number of carbonyl (C=O) groups excluding carboxylic acids is 1. The molecular weight excluding hydrogens is 180 g/mol. The lowest BCUT2D eigenvalue weighted by atomic mass is 10.1. The van der Waals surface area contributed by atoms with E-state index in [1.165, 1.54) is 0 Å². The van der Waals surface area contributed by atoms with Crippen LogP contribution in [0.3, 0.4) is 0 Å². The van der Waals surface area contributed by atoms with Gasteiger partial charge < -0.3 is 15.3 Å². The maximum Gasteiger partial charge on any atom is 0.224 e. The highest BCUT2D eigenvalue weighted by molar-refractivity contribution is 5.80. The zero-order chi connectivity index (χ0) is 10.2. The average molecular weight is 198 g/mol. The Bertz CT molecular complexity index is 238. The van der Waals surface area contributed by atoms with Gasteiger partial charge in [0.05, 0.1) is 18.1 Å². The summed E-state index contributed by atoms with van der Waals surface area (Å²) in [5.74, 6) is 0.255. The predicted molar refractivity (Wildman–Crippen MR) is 52.8 cm³/mol. The Labute approximate surface area is 84.3 Å². The molecule has 0 radical (unpaired) electrons. The molecule has 0 bridgehead atoms. The quantitative estimate of drug-likeness (QED) is 0.647. The van der Waals surface area contributed by atoms with E-state index in [0.29, 0.717) is 0 Å². The highest BCUT2D eigenvalue weighted by Gasteiger charge is 2.44. The Balaban J connectivity index is 1.84. The topological polar surface area (TPSA) is 52.6 Å². The molecule has 80 valence electrons. The first-order valence-corrected chi connectivity index (χ1v) is 5.27. The highest BCUT2D eigenvalue weighted by atomic mass is 16.3. The molecule has 1 aliphatic carbocycles. The third kappa shape index (κ3) is 1.91. The summed E-state index contributed by atoms with van der Waals surface area (Å²) in [7, 11) is 2.03. The Hall–Kier alpha value is -0.610. The van der Waals surface area contributed by atoms with E-state index in [1.54, 1.807) is 0 Å². The maximum absolute atomic E-state index is 11.8. The molecule has 1 saturated carbocycles. The van der Waals surface area contributed by atoms with Crippen molar-refractivity contribution < 1.29 is 9.90 Å². The van der Waals surface area contributed by atoms with Crippen LogP contribution in [-0.2, 0) is 4.79 Å². The molecule has 1 unspecified atom stereocenters. The fourth-order valence-corrected chi connectivity index (χ4v) is 1.99. The average Bonchev–Trinajstić information content (AvgIpc) is 2.80. The van der Waals surface area contributed by atoms with Crippen molar-refractivity contribution in [2.75, 3.05) is 26.7 Å². The molecule has 0 spiro atoms. The van der Waals surface area contributed by atoms with E-state index >= 15 is 0 Å². The summed E-state index contributed by atoms with van der Waals surface area (Å²) in [5.41, 5.74) is -0.252. The van der Waals surface area contributed by atoms with E-state index in [4.69, 9.17) is 5.11 Å². The molecule has 1 atom stereocenters. The molecular formula is C10H18N2O2. The van der Waals surface area contributed by atoms with Crippen LogP contribution in [0.4, 0.5) is 0 Å². The van der Waals surface area contributed by atoms with E-state index in [9.17, 15) is 4.79 Å². The SMILES string of the molecule is CN1CCC(C(=O)NC2(CO)CC2)C1. The van der Waals surface area contributed by atoms with E-state index in [0.717, 1.165) is 32.4 Å². The van der Waals surface area contributed by atoms with Crippen molar-refractivity contribution in [1.82, 2.24) is 10.2 Å². The van der Waals surface area contributed by atoms with Crippen LogP contribution in [0.25, 0.3) is 0 Å².